The van der Waals surface area contributed by atoms with E-state index in [1.54, 1.807) is 0 Å². The summed E-state index contributed by atoms with van der Waals surface area (Å²) in [6, 6.07) is 6.82. The average Bonchev–Trinajstić information content (AvgIpc) is 3.22. The summed E-state index contributed by atoms with van der Waals surface area (Å²) < 4.78 is 0. The zero-order chi connectivity index (χ0) is 12.8. The van der Waals surface area contributed by atoms with E-state index in [1.165, 1.54) is 18.5 Å². The van der Waals surface area contributed by atoms with Crippen LogP contribution in [0.25, 0.3) is 0 Å². The summed E-state index contributed by atoms with van der Waals surface area (Å²) in [5.74, 6) is 0.905. The Bertz CT molecular complexity index is 335. The zero-order valence-electron chi connectivity index (χ0n) is 11.6. The van der Waals surface area contributed by atoms with Gasteiger partial charge >= 0.3 is 0 Å². The largest absolute Gasteiger partial charge is 0.313 e. The standard InChI is InChI=1S/C15H25N3/c1-3-16-15(13-8-9-13)12-18(4-2)11-14-7-5-6-10-17-14/h5-7,10,13,15-16H,3-4,8-9,11-12H2,1-2H3. The highest BCUT2D eigenvalue weighted by molar-refractivity contribution is 5.03. The summed E-state index contributed by atoms with van der Waals surface area (Å²) in [5.41, 5.74) is 1.17. The van der Waals surface area contributed by atoms with Crippen molar-refractivity contribution in [3.8, 4) is 0 Å². The lowest BCUT2D eigenvalue weighted by Gasteiger charge is -2.26. The van der Waals surface area contributed by atoms with Crippen LogP contribution in [-0.2, 0) is 6.54 Å². The SMILES string of the molecule is CCNC(CN(CC)Cc1ccccn1)C1CC1. The van der Waals surface area contributed by atoms with Crippen LogP contribution in [0.3, 0.4) is 0 Å². The van der Waals surface area contributed by atoms with Crippen LogP contribution in [0.4, 0.5) is 0 Å². The first-order chi connectivity index (χ1) is 8.83. The monoisotopic (exact) mass is 247 g/mol. The maximum Gasteiger partial charge on any atom is 0.0543 e. The molecule has 0 aliphatic heterocycles. The molecule has 1 atom stereocenters. The number of rotatable bonds is 8. The minimum atomic E-state index is 0.665. The smallest absolute Gasteiger partial charge is 0.0543 e. The predicted molar refractivity (Wildman–Crippen MR) is 75.4 cm³/mol. The second-order valence-electron chi connectivity index (χ2n) is 5.15. The lowest BCUT2D eigenvalue weighted by atomic mass is 10.1. The van der Waals surface area contributed by atoms with Crippen LogP contribution in [0.2, 0.25) is 0 Å². The van der Waals surface area contributed by atoms with Crippen molar-refractivity contribution in [1.82, 2.24) is 15.2 Å². The van der Waals surface area contributed by atoms with Crippen LogP contribution in [0, 0.1) is 5.92 Å². The van der Waals surface area contributed by atoms with E-state index in [-0.39, 0.29) is 0 Å². The van der Waals surface area contributed by atoms with Crippen LogP contribution in [0.5, 0.6) is 0 Å². The fourth-order valence-electron chi connectivity index (χ4n) is 2.45. The van der Waals surface area contributed by atoms with E-state index < -0.39 is 0 Å². The average molecular weight is 247 g/mol. The van der Waals surface area contributed by atoms with Gasteiger partial charge in [-0.05, 0) is 44.0 Å². The van der Waals surface area contributed by atoms with E-state index in [2.05, 4.69) is 41.2 Å². The normalized spacial score (nSPS) is 17.1. The molecule has 0 spiro atoms. The molecule has 1 aromatic heterocycles. The van der Waals surface area contributed by atoms with Crippen LogP contribution in [0.1, 0.15) is 32.4 Å². The molecule has 1 aliphatic rings. The molecule has 1 aliphatic carbocycles. The summed E-state index contributed by atoms with van der Waals surface area (Å²) in [5, 5.41) is 3.63. The highest BCUT2D eigenvalue weighted by atomic mass is 15.2. The van der Waals surface area contributed by atoms with Crippen LogP contribution in [0.15, 0.2) is 24.4 Å². The van der Waals surface area contributed by atoms with Gasteiger partial charge in [0.1, 0.15) is 0 Å². The number of hydrogen-bond donors (Lipinski definition) is 1. The zero-order valence-corrected chi connectivity index (χ0v) is 11.6. The molecule has 0 bridgehead atoms. The van der Waals surface area contributed by atoms with Crippen molar-refractivity contribution in [1.29, 1.82) is 0 Å². The minimum absolute atomic E-state index is 0.665. The van der Waals surface area contributed by atoms with E-state index in [9.17, 15) is 0 Å². The summed E-state index contributed by atoms with van der Waals surface area (Å²) in [4.78, 5) is 6.91. The summed E-state index contributed by atoms with van der Waals surface area (Å²) >= 11 is 0. The van der Waals surface area contributed by atoms with Gasteiger partial charge in [-0.3, -0.25) is 9.88 Å². The topological polar surface area (TPSA) is 28.2 Å². The molecule has 0 aromatic carbocycles. The third kappa shape index (κ3) is 4.07. The quantitative estimate of drug-likeness (QED) is 0.764. The molecule has 18 heavy (non-hydrogen) atoms. The number of aromatic nitrogens is 1. The van der Waals surface area contributed by atoms with E-state index >= 15 is 0 Å². The van der Waals surface area contributed by atoms with Gasteiger partial charge in [-0.1, -0.05) is 19.9 Å². The number of likely N-dealkylation sites (N-methyl/N-ethyl adjacent to an activating group) is 2. The molecular weight excluding hydrogens is 222 g/mol. The summed E-state index contributed by atoms with van der Waals surface area (Å²) in [6.45, 7) is 8.70. The van der Waals surface area contributed by atoms with Gasteiger partial charge in [0.25, 0.3) is 0 Å². The van der Waals surface area contributed by atoms with Crippen LogP contribution < -0.4 is 5.32 Å². The molecule has 1 N–H and O–H groups in total. The van der Waals surface area contributed by atoms with E-state index in [0.717, 1.165) is 32.1 Å². The Labute approximate surface area is 111 Å². The molecule has 100 valence electrons. The van der Waals surface area contributed by atoms with Crippen molar-refractivity contribution in [3.05, 3.63) is 30.1 Å². The minimum Gasteiger partial charge on any atom is -0.313 e. The third-order valence-electron chi connectivity index (χ3n) is 3.67. The van der Waals surface area contributed by atoms with Crippen molar-refractivity contribution < 1.29 is 0 Å². The molecule has 1 unspecified atom stereocenters. The lowest BCUT2D eigenvalue weighted by molar-refractivity contribution is 0.232. The highest BCUT2D eigenvalue weighted by Gasteiger charge is 2.31. The molecule has 3 nitrogen and oxygen atoms in total. The first-order valence-electron chi connectivity index (χ1n) is 7.19. The second-order valence-corrected chi connectivity index (χ2v) is 5.15. The van der Waals surface area contributed by atoms with Gasteiger partial charge in [0.05, 0.1) is 5.69 Å². The van der Waals surface area contributed by atoms with Gasteiger partial charge in [-0.2, -0.15) is 0 Å². The third-order valence-corrected chi connectivity index (χ3v) is 3.67. The van der Waals surface area contributed by atoms with Gasteiger partial charge in [0.15, 0.2) is 0 Å². The molecule has 1 aromatic rings. The van der Waals surface area contributed by atoms with E-state index in [0.29, 0.717) is 6.04 Å². The van der Waals surface area contributed by atoms with Crippen LogP contribution in [-0.4, -0.2) is 35.6 Å². The summed E-state index contributed by atoms with van der Waals surface area (Å²) in [7, 11) is 0. The molecular formula is C15H25N3. The first kappa shape index (κ1) is 13.5. The maximum absolute atomic E-state index is 4.42. The number of nitrogens with zero attached hydrogens (tertiary/aromatic N) is 2. The molecule has 1 fully saturated rings. The fraction of sp³-hybridized carbons (Fsp3) is 0.667. The van der Waals surface area contributed by atoms with Crippen LogP contribution >= 0.6 is 0 Å². The van der Waals surface area contributed by atoms with Crippen molar-refractivity contribution >= 4 is 0 Å². The van der Waals surface area contributed by atoms with E-state index in [1.807, 2.05) is 12.3 Å². The molecule has 0 amide bonds. The Hall–Kier alpha value is -0.930. The fourth-order valence-corrected chi connectivity index (χ4v) is 2.45. The molecule has 1 saturated carbocycles. The molecule has 1 heterocycles. The first-order valence-corrected chi connectivity index (χ1v) is 7.19. The van der Waals surface area contributed by atoms with Gasteiger partial charge in [-0.25, -0.2) is 0 Å². The molecule has 3 heteroatoms. The van der Waals surface area contributed by atoms with Gasteiger partial charge in [0.2, 0.25) is 0 Å². The highest BCUT2D eigenvalue weighted by Crippen LogP contribution is 2.33. The summed E-state index contributed by atoms with van der Waals surface area (Å²) in [6.07, 6.45) is 4.68. The Morgan fingerprint density at radius 1 is 1.39 bits per heavy atom. The Morgan fingerprint density at radius 3 is 2.78 bits per heavy atom. The van der Waals surface area contributed by atoms with Gasteiger partial charge in [0, 0.05) is 25.3 Å². The maximum atomic E-state index is 4.42. The second kappa shape index (κ2) is 6.86. The van der Waals surface area contributed by atoms with Crippen molar-refractivity contribution in [3.63, 3.8) is 0 Å². The Kier molecular flexibility index (Phi) is 5.14. The van der Waals surface area contributed by atoms with E-state index in [4.69, 9.17) is 0 Å². The molecule has 0 saturated heterocycles. The lowest BCUT2D eigenvalue weighted by Crippen LogP contribution is -2.42. The molecule has 2 rings (SSSR count). The Balaban J connectivity index is 1.87. The van der Waals surface area contributed by atoms with Crippen molar-refractivity contribution in [2.24, 2.45) is 5.92 Å². The number of nitrogens with one attached hydrogen (secondary N) is 1. The number of pyridine rings is 1. The predicted octanol–water partition coefficient (Wildman–Crippen LogP) is 2.29. The molecule has 0 radical (unpaired) electrons. The Morgan fingerprint density at radius 2 is 2.22 bits per heavy atom. The van der Waals surface area contributed by atoms with Crippen molar-refractivity contribution in [2.45, 2.75) is 39.3 Å². The van der Waals surface area contributed by atoms with Gasteiger partial charge in [-0.15, -0.1) is 0 Å². The van der Waals surface area contributed by atoms with Crippen molar-refractivity contribution in [2.75, 3.05) is 19.6 Å². The van der Waals surface area contributed by atoms with Gasteiger partial charge < -0.3 is 5.32 Å². The number of hydrogen-bond acceptors (Lipinski definition) is 3.